The van der Waals surface area contributed by atoms with Crippen molar-refractivity contribution in [3.05, 3.63) is 77.9 Å². The molecule has 2 unspecified atom stereocenters. The van der Waals surface area contributed by atoms with Crippen molar-refractivity contribution in [1.29, 1.82) is 5.26 Å². The molecule has 0 aliphatic rings. The first-order chi connectivity index (χ1) is 23.5. The van der Waals surface area contributed by atoms with Gasteiger partial charge in [-0.25, -0.2) is 13.4 Å². The maximum absolute atomic E-state index is 13.2. The third kappa shape index (κ3) is 10.8. The number of azo groups is 1. The van der Waals surface area contributed by atoms with Crippen molar-refractivity contribution in [3.8, 4) is 6.07 Å². The van der Waals surface area contributed by atoms with Gasteiger partial charge in [0.25, 0.3) is 0 Å². The molecule has 0 aliphatic heterocycles. The van der Waals surface area contributed by atoms with Crippen LogP contribution in [0.5, 0.6) is 0 Å². The second-order valence-corrected chi connectivity index (χ2v) is 13.8. The van der Waals surface area contributed by atoms with E-state index in [1.165, 1.54) is 0 Å². The molecule has 0 radical (unpaired) electrons. The number of aliphatic hydroxyl groups is 3. The van der Waals surface area contributed by atoms with E-state index in [9.17, 15) is 23.9 Å². The Kier molecular flexibility index (Phi) is 13.5. The minimum Gasteiger partial charge on any atom is -0.394 e. The summed E-state index contributed by atoms with van der Waals surface area (Å²) in [4.78, 5) is 6.59. The Morgan fingerprint density at radius 3 is 2.33 bits per heavy atom. The molecule has 3 aromatic carbocycles. The molecule has 0 spiro atoms. The second kappa shape index (κ2) is 17.8. The number of hydrogen-bond acceptors (Lipinski definition) is 13. The smallest absolute Gasteiger partial charge is 0.179 e. The lowest BCUT2D eigenvalue weighted by atomic mass is 10.1. The number of anilines is 3. The number of aromatic nitrogens is 1. The Labute approximate surface area is 286 Å². The van der Waals surface area contributed by atoms with Crippen LogP contribution >= 0.6 is 0 Å². The average molecular weight is 690 g/mol. The number of nitriles is 1. The summed E-state index contributed by atoms with van der Waals surface area (Å²) in [6, 6.07) is 21.8. The van der Waals surface area contributed by atoms with Gasteiger partial charge in [0.2, 0.25) is 0 Å². The van der Waals surface area contributed by atoms with Crippen molar-refractivity contribution in [2.45, 2.75) is 37.9 Å². The maximum atomic E-state index is 13.2. The largest absolute Gasteiger partial charge is 0.394 e. The molecule has 0 bridgehead atoms. The van der Waals surface area contributed by atoms with Gasteiger partial charge in [0.05, 0.1) is 53.9 Å². The first-order valence-electron chi connectivity index (χ1n) is 16.0. The highest BCUT2D eigenvalue weighted by Gasteiger charge is 2.20. The minimum absolute atomic E-state index is 0.0872. The number of fused-ring (bicyclic) bond motifs is 1. The molecule has 5 N–H and O–H groups in total. The minimum atomic E-state index is -3.64. The van der Waals surface area contributed by atoms with Crippen LogP contribution in [0.2, 0.25) is 0 Å². The van der Waals surface area contributed by atoms with Crippen LogP contribution in [0.4, 0.5) is 28.7 Å². The number of sulfone groups is 1. The highest BCUT2D eigenvalue weighted by molar-refractivity contribution is 7.91. The summed E-state index contributed by atoms with van der Waals surface area (Å²) >= 11 is 0. The molecule has 260 valence electrons. The van der Waals surface area contributed by atoms with Gasteiger partial charge in [0.15, 0.2) is 21.5 Å². The monoisotopic (exact) mass is 689 g/mol. The van der Waals surface area contributed by atoms with E-state index in [2.05, 4.69) is 31.9 Å². The molecule has 14 heteroatoms. The van der Waals surface area contributed by atoms with E-state index in [4.69, 9.17) is 9.84 Å². The molecule has 0 saturated carbocycles. The highest BCUT2D eigenvalue weighted by atomic mass is 32.2. The Hall–Kier alpha value is -4.49. The van der Waals surface area contributed by atoms with Crippen molar-refractivity contribution >= 4 is 49.3 Å². The molecule has 0 saturated heterocycles. The van der Waals surface area contributed by atoms with Gasteiger partial charge in [-0.3, -0.25) is 4.90 Å². The predicted molar refractivity (Wildman–Crippen MR) is 190 cm³/mol. The van der Waals surface area contributed by atoms with Gasteiger partial charge >= 0.3 is 0 Å². The summed E-state index contributed by atoms with van der Waals surface area (Å²) in [5.74, 6) is 0.590. The average Bonchev–Trinajstić information content (AvgIpc) is 3.06. The van der Waals surface area contributed by atoms with E-state index in [1.807, 2.05) is 30.3 Å². The van der Waals surface area contributed by atoms with Crippen LogP contribution in [0, 0.1) is 18.3 Å². The quantitative estimate of drug-likeness (QED) is 0.0710. The predicted octanol–water partition coefficient (Wildman–Crippen LogP) is 4.83. The summed E-state index contributed by atoms with van der Waals surface area (Å²) in [6.45, 7) is 6.50. The van der Waals surface area contributed by atoms with Crippen LogP contribution in [-0.2, 0) is 14.6 Å². The lowest BCUT2D eigenvalue weighted by Crippen LogP contribution is -2.39. The molecule has 4 aromatic rings. The van der Waals surface area contributed by atoms with E-state index in [-0.39, 0.29) is 43.5 Å². The van der Waals surface area contributed by atoms with Gasteiger partial charge in [-0.15, -0.1) is 5.11 Å². The summed E-state index contributed by atoms with van der Waals surface area (Å²) < 4.78 is 31.8. The number of para-hydroxylation sites is 1. The van der Waals surface area contributed by atoms with E-state index in [0.717, 1.165) is 11.1 Å². The second-order valence-electron chi connectivity index (χ2n) is 11.7. The summed E-state index contributed by atoms with van der Waals surface area (Å²) in [5, 5.41) is 55.4. The fourth-order valence-corrected chi connectivity index (χ4v) is 6.50. The molecule has 49 heavy (non-hydrogen) atoms. The molecule has 2 atom stereocenters. The van der Waals surface area contributed by atoms with Crippen LogP contribution in [0.1, 0.15) is 25.0 Å². The molecule has 4 rings (SSSR count). The molecule has 1 aromatic heterocycles. The zero-order chi connectivity index (χ0) is 35.4. The summed E-state index contributed by atoms with van der Waals surface area (Å²) in [7, 11) is -3.64. The number of rotatable bonds is 18. The molecule has 13 nitrogen and oxygen atoms in total. The molecule has 0 aliphatic carbocycles. The SMILES string of the molecule is Cc1c(C#N)c(Nc2ccccc2)nc(NCCOCCO)c1N=Nc1ccc2cc(S(=O)(=O)CCN(CC(C)O)CC(C)O)ccc2c1. The Balaban J connectivity index is 1.59. The number of benzene rings is 3. The number of hydrogen-bond donors (Lipinski definition) is 5. The summed E-state index contributed by atoms with van der Waals surface area (Å²) in [6.07, 6.45) is -1.31. The maximum Gasteiger partial charge on any atom is 0.179 e. The van der Waals surface area contributed by atoms with Gasteiger partial charge in [-0.2, -0.15) is 10.4 Å². The lowest BCUT2D eigenvalue weighted by Gasteiger charge is -2.24. The van der Waals surface area contributed by atoms with E-state index in [0.29, 0.717) is 52.7 Å². The van der Waals surface area contributed by atoms with Gasteiger partial charge in [0, 0.05) is 37.4 Å². The number of nitrogens with zero attached hydrogens (tertiary/aromatic N) is 5. The van der Waals surface area contributed by atoms with Crippen LogP contribution in [0.15, 0.2) is 81.9 Å². The molecule has 0 amide bonds. The van der Waals surface area contributed by atoms with Crippen LogP contribution in [-0.4, -0.2) is 97.6 Å². The molecule has 0 fully saturated rings. The molecular formula is C35H43N7O6S. The van der Waals surface area contributed by atoms with Crippen molar-refractivity contribution in [1.82, 2.24) is 9.88 Å². The summed E-state index contributed by atoms with van der Waals surface area (Å²) in [5.41, 5.74) is 2.52. The zero-order valence-corrected chi connectivity index (χ0v) is 28.7. The highest BCUT2D eigenvalue weighted by Crippen LogP contribution is 2.36. The Morgan fingerprint density at radius 1 is 0.959 bits per heavy atom. The fraction of sp³-hybridized carbons (Fsp3) is 0.371. The van der Waals surface area contributed by atoms with E-state index < -0.39 is 22.0 Å². The van der Waals surface area contributed by atoms with Gasteiger partial charge < -0.3 is 30.7 Å². The van der Waals surface area contributed by atoms with Crippen molar-refractivity contribution in [3.63, 3.8) is 0 Å². The van der Waals surface area contributed by atoms with Crippen LogP contribution < -0.4 is 10.6 Å². The topological polar surface area (TPSA) is 193 Å². The van der Waals surface area contributed by atoms with Gasteiger partial charge in [-0.05, 0) is 67.9 Å². The Bertz CT molecular complexity index is 1870. The van der Waals surface area contributed by atoms with Crippen molar-refractivity contribution < 1.29 is 28.5 Å². The van der Waals surface area contributed by atoms with E-state index >= 15 is 0 Å². The lowest BCUT2D eigenvalue weighted by molar-refractivity contribution is 0.0873. The normalized spacial score (nSPS) is 13.1. The Morgan fingerprint density at radius 2 is 1.65 bits per heavy atom. The first-order valence-corrected chi connectivity index (χ1v) is 17.6. The van der Waals surface area contributed by atoms with Gasteiger partial charge in [0.1, 0.15) is 11.8 Å². The van der Waals surface area contributed by atoms with Gasteiger partial charge in [-0.1, -0.05) is 30.3 Å². The molecular weight excluding hydrogens is 646 g/mol. The number of nitrogens with one attached hydrogen (secondary N) is 2. The third-order valence-electron chi connectivity index (χ3n) is 7.48. The number of pyridine rings is 1. The standard InChI is InChI=1S/C35H43N7O6S/c1-24(44)22-42(23-25(2)45)14-18-49(46,47)31-12-10-27-19-30(11-9-28(27)20-31)40-41-33-26(3)32(21-36)34(38-29-7-5-4-6-8-29)39-35(33)37-13-16-48-17-15-43/h4-12,19-20,24-25,43-45H,13-18,22-23H2,1-3H3,(H2,37,38,39). The number of aliphatic hydroxyl groups excluding tert-OH is 3. The van der Waals surface area contributed by atoms with Crippen molar-refractivity contribution in [2.24, 2.45) is 10.2 Å². The number of ether oxygens (including phenoxy) is 1. The van der Waals surface area contributed by atoms with E-state index in [1.54, 1.807) is 62.1 Å². The zero-order valence-electron chi connectivity index (χ0n) is 27.9. The van der Waals surface area contributed by atoms with Crippen LogP contribution in [0.3, 0.4) is 0 Å². The first kappa shape index (κ1) is 37.3. The van der Waals surface area contributed by atoms with Crippen LogP contribution in [0.25, 0.3) is 10.8 Å². The molecule has 1 heterocycles. The third-order valence-corrected chi connectivity index (χ3v) is 9.17. The fourth-order valence-electron chi connectivity index (χ4n) is 5.18. The van der Waals surface area contributed by atoms with Crippen molar-refractivity contribution in [2.75, 3.05) is 62.4 Å².